The smallest absolute Gasteiger partial charge is 0.335 e. The molecule has 10 heteroatoms. The molecule has 0 unspecified atom stereocenters. The summed E-state index contributed by atoms with van der Waals surface area (Å²) in [5, 5.41) is 1.43. The van der Waals surface area contributed by atoms with Crippen LogP contribution in [0.2, 0.25) is 0 Å². The molecule has 0 aliphatic carbocycles. The molecule has 0 spiro atoms. The number of sulfonamides is 1. The van der Waals surface area contributed by atoms with Gasteiger partial charge in [0.1, 0.15) is 5.69 Å². The molecule has 31 heavy (non-hydrogen) atoms. The highest BCUT2D eigenvalue weighted by Gasteiger charge is 2.33. The number of carbonyl (C=O) groups is 1. The van der Waals surface area contributed by atoms with Gasteiger partial charge in [-0.05, 0) is 23.6 Å². The predicted molar refractivity (Wildman–Crippen MR) is 108 cm³/mol. The molecule has 3 aromatic rings. The average Bonchev–Trinajstić information content (AvgIpc) is 2.78. The molecule has 1 aliphatic heterocycles. The Labute approximate surface area is 177 Å². The van der Waals surface area contributed by atoms with E-state index in [4.69, 9.17) is 0 Å². The summed E-state index contributed by atoms with van der Waals surface area (Å²) < 4.78 is 65.7. The summed E-state index contributed by atoms with van der Waals surface area (Å²) in [5.41, 5.74) is -1.05. The normalized spacial score (nSPS) is 15.9. The van der Waals surface area contributed by atoms with E-state index in [1.807, 2.05) is 18.2 Å². The minimum Gasteiger partial charge on any atom is -0.335 e. The summed E-state index contributed by atoms with van der Waals surface area (Å²) in [7, 11) is -3.77. The number of carbonyl (C=O) groups excluding carboxylic acids is 1. The van der Waals surface area contributed by atoms with Gasteiger partial charge in [0.2, 0.25) is 10.0 Å². The third-order valence-corrected chi connectivity index (χ3v) is 7.16. The van der Waals surface area contributed by atoms with Crippen molar-refractivity contribution < 1.29 is 26.4 Å². The minimum atomic E-state index is -4.53. The van der Waals surface area contributed by atoms with Crippen molar-refractivity contribution in [3.8, 4) is 0 Å². The summed E-state index contributed by atoms with van der Waals surface area (Å²) >= 11 is 0. The molecule has 0 bridgehead atoms. The van der Waals surface area contributed by atoms with Gasteiger partial charge >= 0.3 is 6.18 Å². The van der Waals surface area contributed by atoms with Crippen molar-refractivity contribution in [1.29, 1.82) is 0 Å². The molecule has 6 nitrogen and oxygen atoms in total. The molecule has 1 saturated heterocycles. The van der Waals surface area contributed by atoms with Crippen LogP contribution in [-0.4, -0.2) is 54.7 Å². The number of benzene rings is 2. The van der Waals surface area contributed by atoms with Crippen LogP contribution in [0.15, 0.2) is 65.7 Å². The zero-order chi connectivity index (χ0) is 22.2. The highest BCUT2D eigenvalue weighted by molar-refractivity contribution is 7.89. The topological polar surface area (TPSA) is 70.6 Å². The van der Waals surface area contributed by atoms with E-state index in [2.05, 4.69) is 4.98 Å². The number of fused-ring (bicyclic) bond motifs is 1. The second kappa shape index (κ2) is 7.93. The standard InChI is InChI=1S/C21H18F3N3O3S/c22-21(23,24)16-8-9-18(25-14-16)20(28)26-10-12-27(13-11-26)31(29,30)19-7-3-5-15-4-1-2-6-17(15)19/h1-9,14H,10-13H2. The number of aromatic nitrogens is 1. The molecule has 1 aliphatic rings. The summed E-state index contributed by atoms with van der Waals surface area (Å²) in [6.07, 6.45) is -3.91. The Bertz CT molecular complexity index is 1210. The van der Waals surface area contributed by atoms with Crippen LogP contribution < -0.4 is 0 Å². The molecule has 2 heterocycles. The Morgan fingerprint density at radius 1 is 0.903 bits per heavy atom. The van der Waals surface area contributed by atoms with Crippen LogP contribution in [-0.2, 0) is 16.2 Å². The third-order valence-electron chi connectivity index (χ3n) is 5.20. The lowest BCUT2D eigenvalue weighted by Crippen LogP contribution is -2.50. The minimum absolute atomic E-state index is 0.0813. The number of alkyl halides is 3. The van der Waals surface area contributed by atoms with Crippen molar-refractivity contribution in [2.75, 3.05) is 26.2 Å². The molecular formula is C21H18F3N3O3S. The van der Waals surface area contributed by atoms with Gasteiger partial charge in [-0.15, -0.1) is 0 Å². The van der Waals surface area contributed by atoms with Crippen LogP contribution in [0, 0.1) is 0 Å². The summed E-state index contributed by atoms with van der Waals surface area (Å²) in [6, 6.07) is 14.1. The van der Waals surface area contributed by atoms with Crippen LogP contribution in [0.4, 0.5) is 13.2 Å². The number of hydrogen-bond donors (Lipinski definition) is 0. The number of piperazine rings is 1. The Morgan fingerprint density at radius 2 is 1.58 bits per heavy atom. The fourth-order valence-corrected chi connectivity index (χ4v) is 5.18. The molecule has 4 rings (SSSR count). The van der Waals surface area contributed by atoms with E-state index in [0.717, 1.165) is 17.5 Å². The SMILES string of the molecule is O=C(c1ccc(C(F)(F)F)cn1)N1CCN(S(=O)(=O)c2cccc3ccccc23)CC1. The van der Waals surface area contributed by atoms with Crippen molar-refractivity contribution in [1.82, 2.24) is 14.2 Å². The van der Waals surface area contributed by atoms with Crippen LogP contribution in [0.5, 0.6) is 0 Å². The second-order valence-electron chi connectivity index (χ2n) is 7.10. The van der Waals surface area contributed by atoms with E-state index in [-0.39, 0.29) is 36.8 Å². The zero-order valence-corrected chi connectivity index (χ0v) is 17.0. The monoisotopic (exact) mass is 449 g/mol. The lowest BCUT2D eigenvalue weighted by molar-refractivity contribution is -0.137. The van der Waals surface area contributed by atoms with Gasteiger partial charge in [0.15, 0.2) is 0 Å². The highest BCUT2D eigenvalue weighted by Crippen LogP contribution is 2.29. The van der Waals surface area contributed by atoms with Crippen molar-refractivity contribution in [2.24, 2.45) is 0 Å². The van der Waals surface area contributed by atoms with Crippen molar-refractivity contribution in [2.45, 2.75) is 11.1 Å². The lowest BCUT2D eigenvalue weighted by atomic mass is 10.1. The highest BCUT2D eigenvalue weighted by atomic mass is 32.2. The van der Waals surface area contributed by atoms with Crippen molar-refractivity contribution in [3.05, 3.63) is 72.1 Å². The van der Waals surface area contributed by atoms with E-state index in [1.165, 1.54) is 9.21 Å². The van der Waals surface area contributed by atoms with Crippen molar-refractivity contribution >= 4 is 26.7 Å². The van der Waals surface area contributed by atoms with Gasteiger partial charge in [-0.25, -0.2) is 8.42 Å². The van der Waals surface area contributed by atoms with Crippen LogP contribution in [0.25, 0.3) is 10.8 Å². The van der Waals surface area contributed by atoms with E-state index in [0.29, 0.717) is 11.6 Å². The number of amides is 1. The summed E-state index contributed by atoms with van der Waals surface area (Å²) in [6.45, 7) is 0.396. The van der Waals surface area contributed by atoms with Crippen molar-refractivity contribution in [3.63, 3.8) is 0 Å². The molecule has 162 valence electrons. The molecule has 1 aromatic heterocycles. The fourth-order valence-electron chi connectivity index (χ4n) is 3.54. The van der Waals surface area contributed by atoms with Gasteiger partial charge in [-0.1, -0.05) is 36.4 Å². The fraction of sp³-hybridized carbons (Fsp3) is 0.238. The first-order valence-electron chi connectivity index (χ1n) is 9.48. The van der Waals surface area contributed by atoms with Gasteiger partial charge in [0, 0.05) is 37.8 Å². The molecule has 2 aromatic carbocycles. The van der Waals surface area contributed by atoms with E-state index >= 15 is 0 Å². The van der Waals surface area contributed by atoms with Crippen LogP contribution >= 0.6 is 0 Å². The lowest BCUT2D eigenvalue weighted by Gasteiger charge is -2.34. The number of hydrogen-bond acceptors (Lipinski definition) is 4. The maximum absolute atomic E-state index is 13.2. The number of halogens is 3. The molecule has 0 radical (unpaired) electrons. The Kier molecular flexibility index (Phi) is 5.44. The molecule has 1 amide bonds. The first-order valence-corrected chi connectivity index (χ1v) is 10.9. The van der Waals surface area contributed by atoms with Crippen LogP contribution in [0.3, 0.4) is 0 Å². The number of nitrogens with zero attached hydrogens (tertiary/aromatic N) is 3. The molecule has 0 N–H and O–H groups in total. The first-order chi connectivity index (χ1) is 14.7. The summed E-state index contributed by atoms with van der Waals surface area (Å²) in [5.74, 6) is -0.532. The molecule has 1 fully saturated rings. The Morgan fingerprint density at radius 3 is 2.23 bits per heavy atom. The van der Waals surface area contributed by atoms with Crippen LogP contribution in [0.1, 0.15) is 16.1 Å². The molecule has 0 saturated carbocycles. The van der Waals surface area contributed by atoms with Gasteiger partial charge < -0.3 is 4.90 Å². The molecule has 0 atom stereocenters. The maximum Gasteiger partial charge on any atom is 0.417 e. The Hall–Kier alpha value is -2.98. The number of rotatable bonds is 3. The number of pyridine rings is 1. The maximum atomic E-state index is 13.2. The first kappa shape index (κ1) is 21.3. The third kappa shape index (κ3) is 4.13. The quantitative estimate of drug-likeness (QED) is 0.615. The second-order valence-corrected chi connectivity index (χ2v) is 9.01. The molecular weight excluding hydrogens is 431 g/mol. The van der Waals surface area contributed by atoms with E-state index in [9.17, 15) is 26.4 Å². The average molecular weight is 449 g/mol. The van der Waals surface area contributed by atoms with Gasteiger partial charge in [0.05, 0.1) is 10.5 Å². The predicted octanol–water partition coefficient (Wildman–Crippen LogP) is 3.40. The van der Waals surface area contributed by atoms with E-state index in [1.54, 1.807) is 24.3 Å². The van der Waals surface area contributed by atoms with Gasteiger partial charge in [0.25, 0.3) is 5.91 Å². The van der Waals surface area contributed by atoms with E-state index < -0.39 is 27.7 Å². The zero-order valence-electron chi connectivity index (χ0n) is 16.2. The Balaban J connectivity index is 1.48. The van der Waals surface area contributed by atoms with Gasteiger partial charge in [-0.2, -0.15) is 17.5 Å². The largest absolute Gasteiger partial charge is 0.417 e. The summed E-state index contributed by atoms with van der Waals surface area (Å²) in [4.78, 5) is 17.8. The van der Waals surface area contributed by atoms with Gasteiger partial charge in [-0.3, -0.25) is 9.78 Å².